The van der Waals surface area contributed by atoms with Crippen molar-refractivity contribution < 1.29 is 18.0 Å². The van der Waals surface area contributed by atoms with Crippen molar-refractivity contribution in [3.05, 3.63) is 65.2 Å². The fraction of sp³-hybridized carbons (Fsp3) is 0.500. The van der Waals surface area contributed by atoms with Gasteiger partial charge in [0.25, 0.3) is 0 Å². The molecule has 1 unspecified atom stereocenters. The molecule has 2 amide bonds. The summed E-state index contributed by atoms with van der Waals surface area (Å²) in [5.41, 5.74) is 3.52. The highest BCUT2D eigenvalue weighted by molar-refractivity contribution is 7.92. The molecule has 1 atom stereocenters. The third-order valence-electron chi connectivity index (χ3n) is 7.01. The van der Waals surface area contributed by atoms with Crippen molar-refractivity contribution in [1.29, 1.82) is 0 Å². The van der Waals surface area contributed by atoms with Gasteiger partial charge in [0.2, 0.25) is 21.8 Å². The van der Waals surface area contributed by atoms with E-state index >= 15 is 0 Å². The third-order valence-corrected chi connectivity index (χ3v) is 8.19. The number of benzene rings is 2. The van der Waals surface area contributed by atoms with Crippen LogP contribution in [0.25, 0.3) is 0 Å². The Labute approximate surface area is 215 Å². The number of carbonyl (C=O) groups excluding carboxylic acids is 2. The first-order valence-electron chi connectivity index (χ1n) is 12.8. The van der Waals surface area contributed by atoms with E-state index in [0.717, 1.165) is 42.4 Å². The number of hydrogen-bond acceptors (Lipinski definition) is 4. The number of amides is 2. The first-order valence-corrected chi connectivity index (χ1v) is 14.6. The molecule has 1 N–H and O–H groups in total. The SMILES string of the molecule is Cc1ccccc1CN(C(=O)CCCN(c1ccccc1C)S(C)(=O)=O)C(C)C(=O)NC1CCCC1. The van der Waals surface area contributed by atoms with Crippen LogP contribution >= 0.6 is 0 Å². The molecular formula is C28H39N3O4S. The van der Waals surface area contributed by atoms with E-state index in [-0.39, 0.29) is 30.8 Å². The van der Waals surface area contributed by atoms with Crippen molar-refractivity contribution in [2.24, 2.45) is 0 Å². The van der Waals surface area contributed by atoms with Gasteiger partial charge in [0.1, 0.15) is 6.04 Å². The van der Waals surface area contributed by atoms with Crippen LogP contribution in [0, 0.1) is 13.8 Å². The fourth-order valence-corrected chi connectivity index (χ4v) is 5.79. The Hall–Kier alpha value is -2.87. The van der Waals surface area contributed by atoms with Crippen molar-refractivity contribution in [3.8, 4) is 0 Å². The van der Waals surface area contributed by atoms with E-state index in [1.54, 1.807) is 24.0 Å². The van der Waals surface area contributed by atoms with Crippen LogP contribution in [0.1, 0.15) is 62.1 Å². The number of rotatable bonds is 11. The molecule has 0 saturated heterocycles. The van der Waals surface area contributed by atoms with Gasteiger partial charge in [-0.05, 0) is 62.8 Å². The van der Waals surface area contributed by atoms with Crippen molar-refractivity contribution >= 4 is 27.5 Å². The molecule has 0 heterocycles. The van der Waals surface area contributed by atoms with Gasteiger partial charge in [0.05, 0.1) is 11.9 Å². The summed E-state index contributed by atoms with van der Waals surface area (Å²) < 4.78 is 26.4. The van der Waals surface area contributed by atoms with Gasteiger partial charge < -0.3 is 10.2 Å². The molecule has 0 bridgehead atoms. The predicted molar refractivity (Wildman–Crippen MR) is 144 cm³/mol. The molecule has 0 radical (unpaired) electrons. The molecule has 0 aromatic heterocycles. The molecule has 1 saturated carbocycles. The van der Waals surface area contributed by atoms with Crippen LogP contribution in [-0.2, 0) is 26.2 Å². The summed E-state index contributed by atoms with van der Waals surface area (Å²) in [6.07, 6.45) is 5.86. The van der Waals surface area contributed by atoms with Crippen LogP contribution < -0.4 is 9.62 Å². The lowest BCUT2D eigenvalue weighted by Crippen LogP contribution is -2.49. The van der Waals surface area contributed by atoms with Gasteiger partial charge in [-0.2, -0.15) is 0 Å². The number of carbonyl (C=O) groups is 2. The maximum Gasteiger partial charge on any atom is 0.242 e. The van der Waals surface area contributed by atoms with E-state index in [1.807, 2.05) is 50.2 Å². The minimum atomic E-state index is -3.51. The van der Waals surface area contributed by atoms with Gasteiger partial charge in [-0.1, -0.05) is 55.3 Å². The smallest absolute Gasteiger partial charge is 0.242 e. The Bertz CT molecular complexity index is 1160. The van der Waals surface area contributed by atoms with Crippen LogP contribution in [0.2, 0.25) is 0 Å². The normalized spacial score (nSPS) is 14.9. The van der Waals surface area contributed by atoms with Crippen molar-refractivity contribution in [2.75, 3.05) is 17.1 Å². The largest absolute Gasteiger partial charge is 0.352 e. The number of anilines is 1. The molecule has 1 fully saturated rings. The zero-order valence-electron chi connectivity index (χ0n) is 21.9. The summed E-state index contributed by atoms with van der Waals surface area (Å²) in [6, 6.07) is 14.7. The summed E-state index contributed by atoms with van der Waals surface area (Å²) in [6.45, 7) is 6.16. The fourth-order valence-electron chi connectivity index (χ4n) is 4.77. The molecule has 2 aromatic rings. The molecule has 1 aliphatic rings. The highest BCUT2D eigenvalue weighted by atomic mass is 32.2. The second kappa shape index (κ2) is 12.4. The Morgan fingerprint density at radius 1 is 1.00 bits per heavy atom. The van der Waals surface area contributed by atoms with Gasteiger partial charge >= 0.3 is 0 Å². The molecule has 2 aromatic carbocycles. The van der Waals surface area contributed by atoms with Crippen molar-refractivity contribution in [2.45, 2.75) is 77.9 Å². The Balaban J connectivity index is 1.73. The molecule has 0 spiro atoms. The van der Waals surface area contributed by atoms with Crippen molar-refractivity contribution in [1.82, 2.24) is 10.2 Å². The van der Waals surface area contributed by atoms with Gasteiger partial charge in [0.15, 0.2) is 0 Å². The molecule has 0 aliphatic heterocycles. The number of nitrogens with zero attached hydrogens (tertiary/aromatic N) is 2. The monoisotopic (exact) mass is 513 g/mol. The zero-order valence-corrected chi connectivity index (χ0v) is 22.7. The summed E-state index contributed by atoms with van der Waals surface area (Å²) in [7, 11) is -3.51. The van der Waals surface area contributed by atoms with Gasteiger partial charge in [-0.25, -0.2) is 8.42 Å². The summed E-state index contributed by atoms with van der Waals surface area (Å²) in [4.78, 5) is 28.1. The van der Waals surface area contributed by atoms with Gasteiger partial charge in [0, 0.05) is 25.6 Å². The Morgan fingerprint density at radius 2 is 1.61 bits per heavy atom. The third kappa shape index (κ3) is 7.32. The number of para-hydroxylation sites is 1. The van der Waals surface area contributed by atoms with E-state index < -0.39 is 16.1 Å². The Morgan fingerprint density at radius 3 is 2.22 bits per heavy atom. The van der Waals surface area contributed by atoms with E-state index in [1.165, 1.54) is 10.6 Å². The topological polar surface area (TPSA) is 86.8 Å². The predicted octanol–water partition coefficient (Wildman–Crippen LogP) is 4.33. The molecule has 1 aliphatic carbocycles. The Kier molecular flexibility index (Phi) is 9.54. The highest BCUT2D eigenvalue weighted by Crippen LogP contribution is 2.23. The van der Waals surface area contributed by atoms with E-state index in [9.17, 15) is 18.0 Å². The quantitative estimate of drug-likeness (QED) is 0.485. The van der Waals surface area contributed by atoms with Crippen molar-refractivity contribution in [3.63, 3.8) is 0 Å². The van der Waals surface area contributed by atoms with Gasteiger partial charge in [-0.3, -0.25) is 13.9 Å². The van der Waals surface area contributed by atoms with Gasteiger partial charge in [-0.15, -0.1) is 0 Å². The van der Waals surface area contributed by atoms with E-state index in [0.29, 0.717) is 18.7 Å². The lowest BCUT2D eigenvalue weighted by atomic mass is 10.1. The standard InChI is InChI=1S/C28H39N3O4S/c1-21-12-5-7-14-24(21)20-30(23(3)28(33)29-25-15-8-9-16-25)27(32)18-11-19-31(36(4,34)35)26-17-10-6-13-22(26)2/h5-7,10,12-14,17,23,25H,8-9,11,15-16,18-20H2,1-4H3,(H,29,33). The maximum absolute atomic E-state index is 13.5. The number of sulfonamides is 1. The molecule has 196 valence electrons. The summed E-state index contributed by atoms with van der Waals surface area (Å²) in [5.74, 6) is -0.299. The second-order valence-corrected chi connectivity index (χ2v) is 11.7. The second-order valence-electron chi connectivity index (χ2n) is 9.84. The van der Waals surface area contributed by atoms with E-state index in [2.05, 4.69) is 5.32 Å². The first kappa shape index (κ1) is 27.7. The maximum atomic E-state index is 13.5. The van der Waals surface area contributed by atoms with Crippen LogP contribution in [-0.4, -0.2) is 50.0 Å². The van der Waals surface area contributed by atoms with Crippen LogP contribution in [0.5, 0.6) is 0 Å². The van der Waals surface area contributed by atoms with E-state index in [4.69, 9.17) is 0 Å². The highest BCUT2D eigenvalue weighted by Gasteiger charge is 2.29. The minimum Gasteiger partial charge on any atom is -0.352 e. The molecule has 36 heavy (non-hydrogen) atoms. The molecular weight excluding hydrogens is 474 g/mol. The lowest BCUT2D eigenvalue weighted by molar-refractivity contribution is -0.141. The zero-order chi connectivity index (χ0) is 26.3. The van der Waals surface area contributed by atoms with Crippen LogP contribution in [0.4, 0.5) is 5.69 Å². The first-order chi connectivity index (χ1) is 17.1. The minimum absolute atomic E-state index is 0.137. The molecule has 3 rings (SSSR count). The number of aryl methyl sites for hydroxylation is 2. The lowest BCUT2D eigenvalue weighted by Gasteiger charge is -2.31. The number of hydrogen-bond donors (Lipinski definition) is 1. The summed E-state index contributed by atoms with van der Waals surface area (Å²) in [5, 5.41) is 3.12. The van der Waals surface area contributed by atoms with Crippen LogP contribution in [0.15, 0.2) is 48.5 Å². The molecule has 7 nitrogen and oxygen atoms in total. The summed E-state index contributed by atoms with van der Waals surface area (Å²) >= 11 is 0. The average molecular weight is 514 g/mol. The average Bonchev–Trinajstić information content (AvgIpc) is 3.33. The molecule has 8 heteroatoms. The van der Waals surface area contributed by atoms with Crippen LogP contribution in [0.3, 0.4) is 0 Å². The number of nitrogens with one attached hydrogen (secondary N) is 1.